The summed E-state index contributed by atoms with van der Waals surface area (Å²) in [7, 11) is 1.73. The molecule has 0 aliphatic rings. The van der Waals surface area contributed by atoms with Crippen LogP contribution in [0.15, 0.2) is 35.8 Å². The van der Waals surface area contributed by atoms with Gasteiger partial charge in [-0.25, -0.2) is 0 Å². The molecule has 0 saturated carbocycles. The zero-order valence-electron chi connectivity index (χ0n) is 7.83. The highest BCUT2D eigenvalue weighted by molar-refractivity contribution is 6.08. The van der Waals surface area contributed by atoms with Gasteiger partial charge in [0.05, 0.1) is 0 Å². The standard InChI is InChI=1S/C11H14N2/c1-9(8-13-2)11-5-3-4-10(6-11)7-12/h3-6,8H,1,7,12H2,2H3. The Hall–Kier alpha value is -1.41. The summed E-state index contributed by atoms with van der Waals surface area (Å²) in [4.78, 5) is 3.91. The molecule has 1 rings (SSSR count). The number of allylic oxidation sites excluding steroid dienone is 1. The molecule has 0 radical (unpaired) electrons. The van der Waals surface area contributed by atoms with E-state index in [0.29, 0.717) is 6.54 Å². The normalized spacial score (nSPS) is 10.6. The van der Waals surface area contributed by atoms with E-state index in [1.54, 1.807) is 13.3 Å². The minimum atomic E-state index is 0.560. The molecule has 0 amide bonds. The predicted octanol–water partition coefficient (Wildman–Crippen LogP) is 1.86. The van der Waals surface area contributed by atoms with Crippen LogP contribution in [-0.4, -0.2) is 13.3 Å². The average Bonchev–Trinajstić information content (AvgIpc) is 2.18. The van der Waals surface area contributed by atoms with Crippen LogP contribution in [0, 0.1) is 0 Å². The van der Waals surface area contributed by atoms with Crippen molar-refractivity contribution in [1.29, 1.82) is 0 Å². The number of benzene rings is 1. The van der Waals surface area contributed by atoms with Crippen LogP contribution in [0.1, 0.15) is 11.1 Å². The molecule has 0 heterocycles. The van der Waals surface area contributed by atoms with Gasteiger partial charge in [0.2, 0.25) is 0 Å². The third-order valence-electron chi connectivity index (χ3n) is 1.82. The third kappa shape index (κ3) is 2.53. The summed E-state index contributed by atoms with van der Waals surface area (Å²) in [5.41, 5.74) is 8.64. The number of hydrogen-bond acceptors (Lipinski definition) is 2. The van der Waals surface area contributed by atoms with E-state index in [-0.39, 0.29) is 0 Å². The van der Waals surface area contributed by atoms with Crippen LogP contribution in [0.4, 0.5) is 0 Å². The van der Waals surface area contributed by atoms with E-state index < -0.39 is 0 Å². The van der Waals surface area contributed by atoms with Gasteiger partial charge in [-0.05, 0) is 22.8 Å². The minimum Gasteiger partial charge on any atom is -0.326 e. The second-order valence-corrected chi connectivity index (χ2v) is 2.82. The van der Waals surface area contributed by atoms with E-state index in [4.69, 9.17) is 5.73 Å². The number of nitrogens with two attached hydrogens (primary N) is 1. The van der Waals surface area contributed by atoms with Gasteiger partial charge in [-0.1, -0.05) is 24.8 Å². The molecule has 0 spiro atoms. The van der Waals surface area contributed by atoms with Gasteiger partial charge in [0.25, 0.3) is 0 Å². The van der Waals surface area contributed by atoms with Crippen molar-refractivity contribution < 1.29 is 0 Å². The fourth-order valence-electron chi connectivity index (χ4n) is 1.13. The number of rotatable bonds is 3. The average molecular weight is 174 g/mol. The maximum absolute atomic E-state index is 5.53. The second-order valence-electron chi connectivity index (χ2n) is 2.82. The molecule has 0 aliphatic heterocycles. The lowest BCUT2D eigenvalue weighted by atomic mass is 10.1. The molecule has 13 heavy (non-hydrogen) atoms. The Balaban J connectivity index is 2.94. The molecular formula is C11H14N2. The summed E-state index contributed by atoms with van der Waals surface area (Å²) in [6.07, 6.45) is 1.75. The van der Waals surface area contributed by atoms with E-state index >= 15 is 0 Å². The Kier molecular flexibility index (Phi) is 3.41. The highest BCUT2D eigenvalue weighted by Gasteiger charge is 1.96. The van der Waals surface area contributed by atoms with Crippen LogP contribution in [0.5, 0.6) is 0 Å². The van der Waals surface area contributed by atoms with Gasteiger partial charge in [-0.3, -0.25) is 4.99 Å². The van der Waals surface area contributed by atoms with Crippen LogP contribution >= 0.6 is 0 Å². The Bertz CT molecular complexity index is 327. The fraction of sp³-hybridized carbons (Fsp3) is 0.182. The molecule has 68 valence electrons. The SMILES string of the molecule is C=C(C=NC)c1cccc(CN)c1. The molecule has 1 aromatic rings. The summed E-state index contributed by atoms with van der Waals surface area (Å²) in [6.45, 7) is 4.46. The molecule has 0 fully saturated rings. The summed E-state index contributed by atoms with van der Waals surface area (Å²) in [6, 6.07) is 8.01. The van der Waals surface area contributed by atoms with E-state index in [1.807, 2.05) is 24.3 Å². The quantitative estimate of drug-likeness (QED) is 0.698. The van der Waals surface area contributed by atoms with Crippen molar-refractivity contribution in [3.05, 3.63) is 42.0 Å². The summed E-state index contributed by atoms with van der Waals surface area (Å²) in [5, 5.41) is 0. The largest absolute Gasteiger partial charge is 0.326 e. The Morgan fingerprint density at radius 1 is 1.62 bits per heavy atom. The second kappa shape index (κ2) is 4.58. The van der Waals surface area contributed by atoms with Crippen LogP contribution in [-0.2, 0) is 6.54 Å². The van der Waals surface area contributed by atoms with Gasteiger partial charge >= 0.3 is 0 Å². The van der Waals surface area contributed by atoms with Gasteiger partial charge in [0.1, 0.15) is 0 Å². The monoisotopic (exact) mass is 174 g/mol. The highest BCUT2D eigenvalue weighted by atomic mass is 14.6. The molecule has 2 nitrogen and oxygen atoms in total. The van der Waals surface area contributed by atoms with Gasteiger partial charge in [-0.15, -0.1) is 0 Å². The van der Waals surface area contributed by atoms with Crippen molar-refractivity contribution in [2.24, 2.45) is 10.7 Å². The summed E-state index contributed by atoms with van der Waals surface area (Å²) >= 11 is 0. The maximum Gasteiger partial charge on any atom is 0.0281 e. The fourth-order valence-corrected chi connectivity index (χ4v) is 1.13. The first kappa shape index (κ1) is 9.68. The van der Waals surface area contributed by atoms with E-state index in [1.165, 1.54) is 0 Å². The van der Waals surface area contributed by atoms with Gasteiger partial charge < -0.3 is 5.73 Å². The molecular weight excluding hydrogens is 160 g/mol. The molecule has 2 heteroatoms. The van der Waals surface area contributed by atoms with Crippen molar-refractivity contribution in [3.63, 3.8) is 0 Å². The molecule has 0 atom stereocenters. The minimum absolute atomic E-state index is 0.560. The molecule has 0 bridgehead atoms. The van der Waals surface area contributed by atoms with Gasteiger partial charge in [0.15, 0.2) is 0 Å². The Labute approximate surface area is 78.8 Å². The van der Waals surface area contributed by atoms with Gasteiger partial charge in [0, 0.05) is 19.8 Å². The first-order chi connectivity index (χ1) is 6.27. The van der Waals surface area contributed by atoms with Crippen LogP contribution in [0.2, 0.25) is 0 Å². The Morgan fingerprint density at radius 2 is 2.38 bits per heavy atom. The molecule has 0 unspecified atom stereocenters. The van der Waals surface area contributed by atoms with E-state index in [9.17, 15) is 0 Å². The van der Waals surface area contributed by atoms with Crippen molar-refractivity contribution in [3.8, 4) is 0 Å². The summed E-state index contributed by atoms with van der Waals surface area (Å²) < 4.78 is 0. The van der Waals surface area contributed by atoms with Crippen LogP contribution in [0.3, 0.4) is 0 Å². The molecule has 2 N–H and O–H groups in total. The molecule has 0 saturated heterocycles. The van der Waals surface area contributed by atoms with Crippen LogP contribution in [0.25, 0.3) is 5.57 Å². The van der Waals surface area contributed by atoms with E-state index in [0.717, 1.165) is 16.7 Å². The molecule has 0 aliphatic carbocycles. The topological polar surface area (TPSA) is 38.4 Å². The van der Waals surface area contributed by atoms with E-state index in [2.05, 4.69) is 11.6 Å². The van der Waals surface area contributed by atoms with Gasteiger partial charge in [-0.2, -0.15) is 0 Å². The molecule has 1 aromatic carbocycles. The lowest BCUT2D eigenvalue weighted by molar-refractivity contribution is 1.07. The van der Waals surface area contributed by atoms with Crippen molar-refractivity contribution in [1.82, 2.24) is 0 Å². The first-order valence-corrected chi connectivity index (χ1v) is 4.18. The van der Waals surface area contributed by atoms with Crippen LogP contribution < -0.4 is 5.73 Å². The number of hydrogen-bond donors (Lipinski definition) is 1. The lowest BCUT2D eigenvalue weighted by Crippen LogP contribution is -1.96. The number of aliphatic imine (C=N–C) groups is 1. The lowest BCUT2D eigenvalue weighted by Gasteiger charge is -2.02. The van der Waals surface area contributed by atoms with Crippen molar-refractivity contribution in [2.45, 2.75) is 6.54 Å². The summed E-state index contributed by atoms with van der Waals surface area (Å²) in [5.74, 6) is 0. The smallest absolute Gasteiger partial charge is 0.0281 e. The van der Waals surface area contributed by atoms with Crippen molar-refractivity contribution in [2.75, 3.05) is 7.05 Å². The third-order valence-corrected chi connectivity index (χ3v) is 1.82. The molecule has 0 aromatic heterocycles. The van der Waals surface area contributed by atoms with Crippen molar-refractivity contribution >= 4 is 11.8 Å². The first-order valence-electron chi connectivity index (χ1n) is 4.18. The zero-order chi connectivity index (χ0) is 9.68. The Morgan fingerprint density at radius 3 is 3.00 bits per heavy atom. The zero-order valence-corrected chi connectivity index (χ0v) is 7.83. The number of nitrogens with zero attached hydrogens (tertiary/aromatic N) is 1. The highest BCUT2D eigenvalue weighted by Crippen LogP contribution is 2.12. The predicted molar refractivity (Wildman–Crippen MR) is 57.8 cm³/mol. The maximum atomic E-state index is 5.53.